The molecule has 0 bridgehead atoms. The van der Waals surface area contributed by atoms with Crippen molar-refractivity contribution >= 4 is 28.1 Å². The molecule has 138 valence electrons. The predicted octanol–water partition coefficient (Wildman–Crippen LogP) is 3.34. The van der Waals surface area contributed by atoms with Gasteiger partial charge in [0.25, 0.3) is 5.56 Å². The van der Waals surface area contributed by atoms with Crippen LogP contribution in [-0.4, -0.2) is 31.3 Å². The summed E-state index contributed by atoms with van der Waals surface area (Å²) in [4.78, 5) is 17.4. The molecule has 0 radical (unpaired) electrons. The molecule has 0 saturated carbocycles. The minimum absolute atomic E-state index is 0.0640. The standard InChI is InChI=1S/C18H17N5O2S2/c1-3-22-16(12-5-4-6-14(9-12)25-2)20-21-18(22)27-11-13-10-15(24)23-7-8-26-17(23)19-13/h4-10H,3,11H2,1-2H3. The van der Waals surface area contributed by atoms with E-state index in [2.05, 4.69) is 26.7 Å². The van der Waals surface area contributed by atoms with E-state index in [0.29, 0.717) is 10.7 Å². The molecular formula is C18H17N5O2S2. The fourth-order valence-electron chi connectivity index (χ4n) is 2.76. The van der Waals surface area contributed by atoms with Crippen LogP contribution in [0, 0.1) is 0 Å². The summed E-state index contributed by atoms with van der Waals surface area (Å²) in [5.41, 5.74) is 1.62. The summed E-state index contributed by atoms with van der Waals surface area (Å²) in [6.07, 6.45) is 1.74. The van der Waals surface area contributed by atoms with Crippen LogP contribution in [-0.2, 0) is 12.3 Å². The summed E-state index contributed by atoms with van der Waals surface area (Å²) < 4.78 is 8.90. The molecule has 0 saturated heterocycles. The molecule has 0 fully saturated rings. The summed E-state index contributed by atoms with van der Waals surface area (Å²) in [6.45, 7) is 2.79. The van der Waals surface area contributed by atoms with Gasteiger partial charge in [-0.05, 0) is 19.1 Å². The van der Waals surface area contributed by atoms with Gasteiger partial charge in [0.15, 0.2) is 15.9 Å². The van der Waals surface area contributed by atoms with Crippen LogP contribution in [0.25, 0.3) is 16.3 Å². The van der Waals surface area contributed by atoms with Crippen molar-refractivity contribution in [1.82, 2.24) is 24.1 Å². The fraction of sp³-hybridized carbons (Fsp3) is 0.222. The van der Waals surface area contributed by atoms with E-state index in [4.69, 9.17) is 4.74 Å². The molecular weight excluding hydrogens is 382 g/mol. The Balaban J connectivity index is 1.60. The highest BCUT2D eigenvalue weighted by Gasteiger charge is 2.14. The zero-order valence-corrected chi connectivity index (χ0v) is 16.5. The maximum absolute atomic E-state index is 12.1. The van der Waals surface area contributed by atoms with Crippen LogP contribution in [0.5, 0.6) is 5.75 Å². The number of thioether (sulfide) groups is 1. The van der Waals surface area contributed by atoms with Crippen molar-refractivity contribution in [3.8, 4) is 17.1 Å². The Morgan fingerprint density at radius 3 is 2.96 bits per heavy atom. The molecule has 0 aliphatic carbocycles. The highest BCUT2D eigenvalue weighted by molar-refractivity contribution is 7.98. The topological polar surface area (TPSA) is 74.3 Å². The Bertz CT molecular complexity index is 1150. The minimum atomic E-state index is -0.0640. The van der Waals surface area contributed by atoms with Crippen molar-refractivity contribution in [3.63, 3.8) is 0 Å². The van der Waals surface area contributed by atoms with Crippen LogP contribution in [0.1, 0.15) is 12.6 Å². The van der Waals surface area contributed by atoms with Gasteiger partial charge in [0.2, 0.25) is 0 Å². The molecule has 0 aliphatic rings. The van der Waals surface area contributed by atoms with Gasteiger partial charge < -0.3 is 9.30 Å². The van der Waals surface area contributed by atoms with E-state index < -0.39 is 0 Å². The SMILES string of the molecule is CCn1c(SCc2cc(=O)n3ccsc3n2)nnc1-c1cccc(OC)c1. The molecule has 0 aliphatic heterocycles. The first kappa shape index (κ1) is 17.7. The van der Waals surface area contributed by atoms with Crippen molar-refractivity contribution in [2.45, 2.75) is 24.4 Å². The third-order valence-corrected chi connectivity index (χ3v) is 5.82. The van der Waals surface area contributed by atoms with Gasteiger partial charge >= 0.3 is 0 Å². The Labute approximate surface area is 163 Å². The van der Waals surface area contributed by atoms with Gasteiger partial charge in [0, 0.05) is 35.5 Å². The van der Waals surface area contributed by atoms with Crippen LogP contribution >= 0.6 is 23.1 Å². The van der Waals surface area contributed by atoms with E-state index in [-0.39, 0.29) is 5.56 Å². The molecule has 0 spiro atoms. The number of nitrogens with zero attached hydrogens (tertiary/aromatic N) is 5. The summed E-state index contributed by atoms with van der Waals surface area (Å²) in [5, 5.41) is 11.3. The number of aromatic nitrogens is 5. The monoisotopic (exact) mass is 399 g/mol. The van der Waals surface area contributed by atoms with Gasteiger partial charge in [0.05, 0.1) is 12.8 Å². The van der Waals surface area contributed by atoms with Crippen molar-refractivity contribution in [2.75, 3.05) is 7.11 Å². The molecule has 0 amide bonds. The molecule has 7 nitrogen and oxygen atoms in total. The van der Waals surface area contributed by atoms with E-state index in [1.165, 1.54) is 23.1 Å². The molecule has 0 unspecified atom stereocenters. The first-order valence-corrected chi connectivity index (χ1v) is 10.2. The molecule has 3 aromatic heterocycles. The number of fused-ring (bicyclic) bond motifs is 1. The third kappa shape index (κ3) is 3.47. The summed E-state index contributed by atoms with van der Waals surface area (Å²) in [5.74, 6) is 2.13. The van der Waals surface area contributed by atoms with E-state index >= 15 is 0 Å². The summed E-state index contributed by atoms with van der Waals surface area (Å²) in [7, 11) is 1.64. The zero-order chi connectivity index (χ0) is 18.8. The molecule has 4 rings (SSSR count). The highest BCUT2D eigenvalue weighted by atomic mass is 32.2. The van der Waals surface area contributed by atoms with Gasteiger partial charge in [-0.25, -0.2) is 4.98 Å². The lowest BCUT2D eigenvalue weighted by molar-refractivity contribution is 0.415. The first-order chi connectivity index (χ1) is 13.2. The van der Waals surface area contributed by atoms with E-state index in [1.54, 1.807) is 23.8 Å². The second-order valence-electron chi connectivity index (χ2n) is 5.71. The largest absolute Gasteiger partial charge is 0.497 e. The maximum Gasteiger partial charge on any atom is 0.258 e. The summed E-state index contributed by atoms with van der Waals surface area (Å²) in [6, 6.07) is 9.33. The van der Waals surface area contributed by atoms with Gasteiger partial charge in [-0.3, -0.25) is 9.20 Å². The van der Waals surface area contributed by atoms with E-state index in [0.717, 1.165) is 34.5 Å². The number of benzene rings is 1. The number of rotatable bonds is 6. The fourth-order valence-corrected chi connectivity index (χ4v) is 4.39. The molecule has 0 atom stereocenters. The van der Waals surface area contributed by atoms with Crippen molar-refractivity contribution < 1.29 is 4.74 Å². The van der Waals surface area contributed by atoms with Crippen molar-refractivity contribution in [1.29, 1.82) is 0 Å². The lowest BCUT2D eigenvalue weighted by Gasteiger charge is -2.08. The number of hydrogen-bond donors (Lipinski definition) is 0. The van der Waals surface area contributed by atoms with Gasteiger partial charge in [-0.15, -0.1) is 21.5 Å². The smallest absolute Gasteiger partial charge is 0.258 e. The van der Waals surface area contributed by atoms with E-state index in [9.17, 15) is 4.79 Å². The van der Waals surface area contributed by atoms with Crippen LogP contribution in [0.3, 0.4) is 0 Å². The number of hydrogen-bond acceptors (Lipinski definition) is 7. The molecule has 4 aromatic rings. The van der Waals surface area contributed by atoms with E-state index in [1.807, 2.05) is 29.6 Å². The number of thiazole rings is 1. The Morgan fingerprint density at radius 1 is 1.26 bits per heavy atom. The van der Waals surface area contributed by atoms with Crippen LogP contribution < -0.4 is 10.3 Å². The molecule has 1 aromatic carbocycles. The lowest BCUT2D eigenvalue weighted by Crippen LogP contribution is -2.12. The van der Waals surface area contributed by atoms with Gasteiger partial charge in [-0.1, -0.05) is 23.9 Å². The highest BCUT2D eigenvalue weighted by Crippen LogP contribution is 2.27. The lowest BCUT2D eigenvalue weighted by atomic mass is 10.2. The first-order valence-electron chi connectivity index (χ1n) is 8.36. The number of methoxy groups -OCH3 is 1. The van der Waals surface area contributed by atoms with Crippen LogP contribution in [0.2, 0.25) is 0 Å². The second-order valence-corrected chi connectivity index (χ2v) is 7.53. The van der Waals surface area contributed by atoms with Gasteiger partial charge in [-0.2, -0.15) is 0 Å². The predicted molar refractivity (Wildman–Crippen MR) is 107 cm³/mol. The molecule has 9 heteroatoms. The van der Waals surface area contributed by atoms with Crippen molar-refractivity contribution in [2.24, 2.45) is 0 Å². The Kier molecular flexibility index (Phi) is 4.95. The summed E-state index contributed by atoms with van der Waals surface area (Å²) >= 11 is 2.97. The molecule has 3 heterocycles. The third-order valence-electron chi connectivity index (χ3n) is 4.07. The average Bonchev–Trinajstić information content (AvgIpc) is 3.33. The number of ether oxygens (including phenoxy) is 1. The Hall–Kier alpha value is -2.65. The minimum Gasteiger partial charge on any atom is -0.497 e. The quantitative estimate of drug-likeness (QED) is 0.463. The van der Waals surface area contributed by atoms with Crippen LogP contribution in [0.4, 0.5) is 0 Å². The zero-order valence-electron chi connectivity index (χ0n) is 14.8. The molecule has 0 N–H and O–H groups in total. The van der Waals surface area contributed by atoms with Gasteiger partial charge in [0.1, 0.15) is 5.75 Å². The Morgan fingerprint density at radius 2 is 2.15 bits per heavy atom. The van der Waals surface area contributed by atoms with Crippen molar-refractivity contribution in [3.05, 3.63) is 58.0 Å². The normalized spacial score (nSPS) is 11.2. The van der Waals surface area contributed by atoms with Crippen LogP contribution in [0.15, 0.2) is 51.9 Å². The molecule has 27 heavy (non-hydrogen) atoms. The maximum atomic E-state index is 12.1. The average molecular weight is 400 g/mol. The second kappa shape index (κ2) is 7.53.